The smallest absolute Gasteiger partial charge is 0.251 e. The zero-order valence-electron chi connectivity index (χ0n) is 18.4. The number of carbonyl (C=O) groups excluding carboxylic acids is 1. The van der Waals surface area contributed by atoms with E-state index < -0.39 is 0 Å². The van der Waals surface area contributed by atoms with Gasteiger partial charge in [0, 0.05) is 17.7 Å². The van der Waals surface area contributed by atoms with Gasteiger partial charge in [0.25, 0.3) is 5.91 Å². The van der Waals surface area contributed by atoms with Crippen LogP contribution < -0.4 is 11.1 Å². The molecule has 2 aromatic carbocycles. The molecule has 1 aliphatic rings. The molecule has 1 saturated carbocycles. The molecule has 1 aliphatic carbocycles. The number of anilines is 1. The van der Waals surface area contributed by atoms with Gasteiger partial charge in [0.2, 0.25) is 0 Å². The highest BCUT2D eigenvalue weighted by Gasteiger charge is 2.28. The van der Waals surface area contributed by atoms with Crippen molar-refractivity contribution in [3.63, 3.8) is 0 Å². The lowest BCUT2D eigenvalue weighted by atomic mass is 10.1. The molecule has 1 amide bonds. The summed E-state index contributed by atoms with van der Waals surface area (Å²) in [7, 11) is 0. The van der Waals surface area contributed by atoms with E-state index in [0.29, 0.717) is 30.0 Å². The van der Waals surface area contributed by atoms with Crippen LogP contribution in [0.15, 0.2) is 54.9 Å². The number of amides is 1. The zero-order valence-corrected chi connectivity index (χ0v) is 18.4. The summed E-state index contributed by atoms with van der Waals surface area (Å²) in [4.78, 5) is 21.1. The molecule has 0 aliphatic heterocycles. The van der Waals surface area contributed by atoms with E-state index in [-0.39, 0.29) is 18.1 Å². The quantitative estimate of drug-likeness (QED) is 0.436. The Balaban J connectivity index is 1.39. The lowest BCUT2D eigenvalue weighted by Gasteiger charge is -2.10. The standard InChI is InChI=1S/C25H26N6O2/c1-15-4-2-3-5-20(15)25(33)27-13-16-6-8-17(9-7-16)22-21-23(26)28-14-29-24(21)31(30-22)18-10-11-19(32)12-18/h2-9,14,18-19,32H,10-13H2,1H3,(H,27,33)(H2,26,28,29). The molecule has 2 unspecified atom stereocenters. The number of rotatable bonds is 5. The maximum atomic E-state index is 12.5. The minimum Gasteiger partial charge on any atom is -0.393 e. The van der Waals surface area contributed by atoms with Gasteiger partial charge >= 0.3 is 0 Å². The molecule has 0 bridgehead atoms. The van der Waals surface area contributed by atoms with E-state index >= 15 is 0 Å². The minimum atomic E-state index is -0.314. The van der Waals surface area contributed by atoms with Crippen LogP contribution in [-0.2, 0) is 6.54 Å². The van der Waals surface area contributed by atoms with E-state index in [4.69, 9.17) is 10.8 Å². The number of fused-ring (bicyclic) bond motifs is 1. The second kappa shape index (κ2) is 8.63. The number of hydrogen-bond acceptors (Lipinski definition) is 6. The van der Waals surface area contributed by atoms with Gasteiger partial charge in [-0.25, -0.2) is 14.6 Å². The van der Waals surface area contributed by atoms with Gasteiger partial charge in [-0.3, -0.25) is 4.79 Å². The van der Waals surface area contributed by atoms with Crippen molar-refractivity contribution in [1.82, 2.24) is 25.1 Å². The van der Waals surface area contributed by atoms with Crippen LogP contribution in [0.3, 0.4) is 0 Å². The van der Waals surface area contributed by atoms with Crippen LogP contribution in [-0.4, -0.2) is 36.9 Å². The molecule has 8 nitrogen and oxygen atoms in total. The second-order valence-corrected chi connectivity index (χ2v) is 8.57. The van der Waals surface area contributed by atoms with E-state index in [1.165, 1.54) is 6.33 Å². The van der Waals surface area contributed by atoms with Crippen molar-refractivity contribution in [2.45, 2.75) is 44.9 Å². The molecule has 0 radical (unpaired) electrons. The Morgan fingerprint density at radius 1 is 1.15 bits per heavy atom. The summed E-state index contributed by atoms with van der Waals surface area (Å²) < 4.78 is 1.88. The Kier molecular flexibility index (Phi) is 5.51. The molecule has 1 fully saturated rings. The van der Waals surface area contributed by atoms with Gasteiger partial charge < -0.3 is 16.2 Å². The van der Waals surface area contributed by atoms with Crippen molar-refractivity contribution >= 4 is 22.8 Å². The van der Waals surface area contributed by atoms with Crippen molar-refractivity contribution in [2.24, 2.45) is 0 Å². The molecule has 2 heterocycles. The van der Waals surface area contributed by atoms with Gasteiger partial charge in [-0.1, -0.05) is 42.5 Å². The van der Waals surface area contributed by atoms with Crippen LogP contribution in [0, 0.1) is 6.92 Å². The van der Waals surface area contributed by atoms with Crippen LogP contribution in [0.4, 0.5) is 5.82 Å². The van der Waals surface area contributed by atoms with Crippen LogP contribution in [0.1, 0.15) is 46.8 Å². The number of aryl methyl sites for hydroxylation is 1. The highest BCUT2D eigenvalue weighted by atomic mass is 16.3. The Morgan fingerprint density at radius 2 is 1.94 bits per heavy atom. The number of carbonyl (C=O) groups is 1. The molecule has 2 aromatic heterocycles. The third-order valence-corrected chi connectivity index (χ3v) is 6.31. The fraction of sp³-hybridized carbons (Fsp3) is 0.280. The predicted octanol–water partition coefficient (Wildman–Crippen LogP) is 3.40. The van der Waals surface area contributed by atoms with E-state index in [1.807, 2.05) is 60.1 Å². The number of nitrogens with one attached hydrogen (secondary N) is 1. The maximum Gasteiger partial charge on any atom is 0.251 e. The number of benzene rings is 2. The van der Waals surface area contributed by atoms with Crippen LogP contribution in [0.5, 0.6) is 0 Å². The summed E-state index contributed by atoms with van der Waals surface area (Å²) in [5.74, 6) is 0.292. The number of nitrogen functional groups attached to an aromatic ring is 1. The van der Waals surface area contributed by atoms with Gasteiger partial charge in [0.15, 0.2) is 5.65 Å². The summed E-state index contributed by atoms with van der Waals surface area (Å²) in [6.07, 6.45) is 3.39. The normalized spacial score (nSPS) is 18.0. The molecule has 4 N–H and O–H groups in total. The Bertz CT molecular complexity index is 1310. The van der Waals surface area contributed by atoms with E-state index in [1.54, 1.807) is 0 Å². The minimum absolute atomic E-state index is 0.0847. The highest BCUT2D eigenvalue weighted by Crippen LogP contribution is 2.36. The van der Waals surface area contributed by atoms with Crippen LogP contribution in [0.2, 0.25) is 0 Å². The van der Waals surface area contributed by atoms with Crippen molar-refractivity contribution in [1.29, 1.82) is 0 Å². The third kappa shape index (κ3) is 4.05. The molecule has 2 atom stereocenters. The second-order valence-electron chi connectivity index (χ2n) is 8.57. The van der Waals surface area contributed by atoms with E-state index in [9.17, 15) is 9.90 Å². The number of nitrogens with zero attached hydrogens (tertiary/aromatic N) is 4. The molecule has 0 spiro atoms. The molecule has 0 saturated heterocycles. The Hall–Kier alpha value is -3.78. The highest BCUT2D eigenvalue weighted by molar-refractivity contribution is 5.98. The fourth-order valence-corrected chi connectivity index (χ4v) is 4.49. The molecular weight excluding hydrogens is 416 g/mol. The summed E-state index contributed by atoms with van der Waals surface area (Å²) in [5.41, 5.74) is 11.1. The summed E-state index contributed by atoms with van der Waals surface area (Å²) >= 11 is 0. The molecule has 8 heteroatoms. The molecule has 5 rings (SSSR count). The molecule has 33 heavy (non-hydrogen) atoms. The molecular formula is C25H26N6O2. The van der Waals surface area contributed by atoms with Crippen molar-refractivity contribution in [2.75, 3.05) is 5.73 Å². The van der Waals surface area contributed by atoms with Crippen molar-refractivity contribution in [3.8, 4) is 11.3 Å². The largest absolute Gasteiger partial charge is 0.393 e. The summed E-state index contributed by atoms with van der Waals surface area (Å²) in [6.45, 7) is 2.35. The first kappa shape index (κ1) is 21.1. The number of hydrogen-bond donors (Lipinski definition) is 3. The van der Waals surface area contributed by atoms with Crippen molar-refractivity contribution < 1.29 is 9.90 Å². The summed E-state index contributed by atoms with van der Waals surface area (Å²) in [5, 5.41) is 18.5. The first-order chi connectivity index (χ1) is 16.0. The topological polar surface area (TPSA) is 119 Å². The Labute approximate surface area is 191 Å². The van der Waals surface area contributed by atoms with Crippen LogP contribution in [0.25, 0.3) is 22.3 Å². The number of nitrogens with two attached hydrogens (primary N) is 1. The lowest BCUT2D eigenvalue weighted by molar-refractivity contribution is 0.0950. The lowest BCUT2D eigenvalue weighted by Crippen LogP contribution is -2.23. The average molecular weight is 443 g/mol. The number of aliphatic hydroxyl groups is 1. The van der Waals surface area contributed by atoms with Gasteiger partial charge in [-0.2, -0.15) is 5.10 Å². The molecule has 4 aromatic rings. The summed E-state index contributed by atoms with van der Waals surface area (Å²) in [6, 6.07) is 15.5. The third-order valence-electron chi connectivity index (χ3n) is 6.31. The maximum absolute atomic E-state index is 12.5. The molecule has 168 valence electrons. The first-order valence-electron chi connectivity index (χ1n) is 11.1. The fourth-order valence-electron chi connectivity index (χ4n) is 4.49. The van der Waals surface area contributed by atoms with Crippen molar-refractivity contribution in [3.05, 3.63) is 71.5 Å². The van der Waals surface area contributed by atoms with E-state index in [2.05, 4.69) is 15.3 Å². The SMILES string of the molecule is Cc1ccccc1C(=O)NCc1ccc(-c2nn(C3CCC(O)C3)c3ncnc(N)c23)cc1. The number of aromatic nitrogens is 4. The van der Waals surface area contributed by atoms with Gasteiger partial charge in [0.1, 0.15) is 17.8 Å². The van der Waals surface area contributed by atoms with Gasteiger partial charge in [0.05, 0.1) is 17.5 Å². The zero-order chi connectivity index (χ0) is 22.9. The predicted molar refractivity (Wildman–Crippen MR) is 126 cm³/mol. The average Bonchev–Trinajstić information content (AvgIpc) is 3.42. The number of aliphatic hydroxyl groups excluding tert-OH is 1. The monoisotopic (exact) mass is 442 g/mol. The van der Waals surface area contributed by atoms with Gasteiger partial charge in [-0.05, 0) is 43.4 Å². The van der Waals surface area contributed by atoms with Gasteiger partial charge in [-0.15, -0.1) is 0 Å². The van der Waals surface area contributed by atoms with Crippen LogP contribution >= 0.6 is 0 Å². The van der Waals surface area contributed by atoms with E-state index in [0.717, 1.165) is 40.6 Å². The first-order valence-corrected chi connectivity index (χ1v) is 11.1. The Morgan fingerprint density at radius 3 is 2.67 bits per heavy atom.